The second-order valence-corrected chi connectivity index (χ2v) is 6.54. The van der Waals surface area contributed by atoms with Crippen molar-refractivity contribution in [1.29, 1.82) is 5.26 Å². The van der Waals surface area contributed by atoms with Crippen LogP contribution in [0.1, 0.15) is 40.3 Å². The highest BCUT2D eigenvalue weighted by atomic mass is 19.4. The average Bonchev–Trinajstić information content (AvgIpc) is 2.76. The molecule has 0 bridgehead atoms. The van der Waals surface area contributed by atoms with Gasteiger partial charge >= 0.3 is 12.1 Å². The lowest BCUT2D eigenvalue weighted by molar-refractivity contribution is -0.137. The van der Waals surface area contributed by atoms with Crippen LogP contribution in [0.4, 0.5) is 13.2 Å². The molecule has 168 valence electrons. The summed E-state index contributed by atoms with van der Waals surface area (Å²) in [5, 5.41) is 16.5. The number of methoxy groups -OCH3 is 1. The van der Waals surface area contributed by atoms with Crippen LogP contribution < -0.4 is 0 Å². The number of oxime groups is 2. The standard InChI is InChI=1S/C22H20F3N3O4/c1-13-6-5-7-17(20(28-31-4)21(29)30-3)18(13)12-32-27-14(2)15-8-9-16(11-26)19(10-15)22(23,24)25/h5-10H,12H2,1-4H3/b27-14+,28-20+. The first-order valence-corrected chi connectivity index (χ1v) is 9.20. The van der Waals surface area contributed by atoms with E-state index < -0.39 is 23.3 Å². The Balaban J connectivity index is 2.34. The largest absolute Gasteiger partial charge is 0.464 e. The molecular weight excluding hydrogens is 427 g/mol. The molecule has 0 saturated carbocycles. The number of ether oxygens (including phenoxy) is 1. The van der Waals surface area contributed by atoms with Crippen LogP contribution in [0.15, 0.2) is 46.7 Å². The molecule has 0 amide bonds. The van der Waals surface area contributed by atoms with Crippen molar-refractivity contribution in [3.8, 4) is 6.07 Å². The van der Waals surface area contributed by atoms with Crippen molar-refractivity contribution in [2.45, 2.75) is 26.6 Å². The summed E-state index contributed by atoms with van der Waals surface area (Å²) < 4.78 is 44.3. The number of hydrogen-bond donors (Lipinski definition) is 0. The molecule has 0 aliphatic heterocycles. The molecule has 2 aromatic carbocycles. The first-order valence-electron chi connectivity index (χ1n) is 9.20. The topological polar surface area (TPSA) is 93.3 Å². The monoisotopic (exact) mass is 447 g/mol. The number of benzene rings is 2. The molecule has 0 saturated heterocycles. The fourth-order valence-electron chi connectivity index (χ4n) is 2.85. The summed E-state index contributed by atoms with van der Waals surface area (Å²) in [5.74, 6) is -0.712. The Labute approximate surface area is 182 Å². The zero-order valence-electron chi connectivity index (χ0n) is 17.8. The molecule has 0 heterocycles. The highest BCUT2D eigenvalue weighted by Crippen LogP contribution is 2.32. The van der Waals surface area contributed by atoms with E-state index in [1.165, 1.54) is 33.3 Å². The maximum Gasteiger partial charge on any atom is 0.417 e. The number of alkyl halides is 3. The first kappa shape index (κ1) is 24.4. The Hall–Kier alpha value is -3.87. The molecule has 2 rings (SSSR count). The third-order valence-corrected chi connectivity index (χ3v) is 4.50. The molecule has 0 atom stereocenters. The van der Waals surface area contributed by atoms with Crippen LogP contribution in [0.5, 0.6) is 0 Å². The number of nitriles is 1. The summed E-state index contributed by atoms with van der Waals surface area (Å²) >= 11 is 0. The van der Waals surface area contributed by atoms with Gasteiger partial charge in [0.15, 0.2) is 5.71 Å². The molecular formula is C22H20F3N3O4. The van der Waals surface area contributed by atoms with Crippen LogP contribution in [0.3, 0.4) is 0 Å². The number of carbonyl (C=O) groups excluding carboxylic acids is 1. The molecule has 0 unspecified atom stereocenters. The SMILES string of the molecule is CO/N=C(/C(=O)OC)c1cccc(C)c1CO/N=C(\C)c1ccc(C#N)c(C(F)(F)F)c1. The van der Waals surface area contributed by atoms with Crippen LogP contribution in [0.25, 0.3) is 0 Å². The smallest absolute Gasteiger partial charge is 0.417 e. The summed E-state index contributed by atoms with van der Waals surface area (Å²) in [6, 6.07) is 9.95. The highest BCUT2D eigenvalue weighted by Gasteiger charge is 2.34. The van der Waals surface area contributed by atoms with E-state index in [1.807, 2.05) is 0 Å². The predicted molar refractivity (Wildman–Crippen MR) is 110 cm³/mol. The van der Waals surface area contributed by atoms with Crippen molar-refractivity contribution in [3.05, 3.63) is 69.8 Å². The molecule has 0 aliphatic rings. The lowest BCUT2D eigenvalue weighted by atomic mass is 9.99. The molecule has 2 aromatic rings. The van der Waals surface area contributed by atoms with Gasteiger partial charge in [-0.25, -0.2) is 4.79 Å². The third kappa shape index (κ3) is 5.63. The molecule has 0 spiro atoms. The van der Waals surface area contributed by atoms with Gasteiger partial charge in [-0.1, -0.05) is 34.6 Å². The highest BCUT2D eigenvalue weighted by molar-refractivity contribution is 6.43. The minimum atomic E-state index is -4.68. The first-order chi connectivity index (χ1) is 15.1. The van der Waals surface area contributed by atoms with Crippen LogP contribution >= 0.6 is 0 Å². The molecule has 0 radical (unpaired) electrons. The third-order valence-electron chi connectivity index (χ3n) is 4.50. The fourth-order valence-corrected chi connectivity index (χ4v) is 2.85. The van der Waals surface area contributed by atoms with E-state index in [9.17, 15) is 18.0 Å². The number of esters is 1. The number of rotatable bonds is 7. The van der Waals surface area contributed by atoms with Gasteiger partial charge in [-0.05, 0) is 37.1 Å². The van der Waals surface area contributed by atoms with Gasteiger partial charge in [-0.15, -0.1) is 0 Å². The summed E-state index contributed by atoms with van der Waals surface area (Å²) in [6.45, 7) is 3.17. The lowest BCUT2D eigenvalue weighted by Gasteiger charge is -2.13. The van der Waals surface area contributed by atoms with E-state index in [-0.39, 0.29) is 23.6 Å². The zero-order chi connectivity index (χ0) is 23.9. The Kier molecular flexibility index (Phi) is 7.96. The molecule has 0 aliphatic carbocycles. The minimum absolute atomic E-state index is 0.0695. The number of aryl methyl sites for hydroxylation is 1. The van der Waals surface area contributed by atoms with Crippen molar-refractivity contribution in [2.24, 2.45) is 10.3 Å². The minimum Gasteiger partial charge on any atom is -0.464 e. The van der Waals surface area contributed by atoms with E-state index in [0.717, 1.165) is 17.7 Å². The van der Waals surface area contributed by atoms with E-state index >= 15 is 0 Å². The molecule has 0 aromatic heterocycles. The van der Waals surface area contributed by atoms with Gasteiger partial charge in [0, 0.05) is 11.1 Å². The van der Waals surface area contributed by atoms with Crippen molar-refractivity contribution in [2.75, 3.05) is 14.2 Å². The fraction of sp³-hybridized carbons (Fsp3) is 0.273. The van der Waals surface area contributed by atoms with Gasteiger partial charge in [0.25, 0.3) is 0 Å². The molecule has 10 heteroatoms. The van der Waals surface area contributed by atoms with Gasteiger partial charge in [0.1, 0.15) is 13.7 Å². The van der Waals surface area contributed by atoms with Crippen molar-refractivity contribution in [1.82, 2.24) is 0 Å². The van der Waals surface area contributed by atoms with Crippen molar-refractivity contribution in [3.63, 3.8) is 0 Å². The van der Waals surface area contributed by atoms with E-state index in [0.29, 0.717) is 11.1 Å². The Morgan fingerprint density at radius 2 is 1.88 bits per heavy atom. The maximum atomic E-state index is 13.2. The lowest BCUT2D eigenvalue weighted by Crippen LogP contribution is -2.20. The predicted octanol–water partition coefficient (Wildman–Crippen LogP) is 4.35. The normalized spacial score (nSPS) is 12.2. The van der Waals surface area contributed by atoms with Gasteiger partial charge in [-0.3, -0.25) is 0 Å². The summed E-state index contributed by atoms with van der Waals surface area (Å²) in [4.78, 5) is 22.2. The number of nitrogens with zero attached hydrogens (tertiary/aromatic N) is 3. The summed E-state index contributed by atoms with van der Waals surface area (Å²) in [5.41, 5.74) is 0.469. The number of halogens is 3. The van der Waals surface area contributed by atoms with E-state index in [1.54, 1.807) is 25.1 Å². The van der Waals surface area contributed by atoms with Crippen LogP contribution in [-0.2, 0) is 32.0 Å². The quantitative estimate of drug-likeness (QED) is 0.357. The maximum absolute atomic E-state index is 13.2. The van der Waals surface area contributed by atoms with Crippen LogP contribution in [-0.4, -0.2) is 31.6 Å². The molecule has 0 fully saturated rings. The summed E-state index contributed by atoms with van der Waals surface area (Å²) in [7, 11) is 2.50. The van der Waals surface area contributed by atoms with Crippen molar-refractivity contribution >= 4 is 17.4 Å². The zero-order valence-corrected chi connectivity index (χ0v) is 17.8. The van der Waals surface area contributed by atoms with Gasteiger partial charge in [-0.2, -0.15) is 18.4 Å². The Bertz CT molecular complexity index is 1100. The van der Waals surface area contributed by atoms with Crippen LogP contribution in [0.2, 0.25) is 0 Å². The van der Waals surface area contributed by atoms with Gasteiger partial charge in [0.2, 0.25) is 0 Å². The second-order valence-electron chi connectivity index (χ2n) is 6.54. The number of carbonyl (C=O) groups is 1. The summed E-state index contributed by atoms with van der Waals surface area (Å²) in [6.07, 6.45) is -4.68. The van der Waals surface area contributed by atoms with E-state index in [2.05, 4.69) is 10.3 Å². The van der Waals surface area contributed by atoms with Gasteiger partial charge in [0.05, 0.1) is 30.0 Å². The Morgan fingerprint density at radius 3 is 2.47 bits per heavy atom. The average molecular weight is 447 g/mol. The Morgan fingerprint density at radius 1 is 1.16 bits per heavy atom. The molecule has 0 N–H and O–H groups in total. The van der Waals surface area contributed by atoms with E-state index in [4.69, 9.17) is 19.7 Å². The number of hydrogen-bond acceptors (Lipinski definition) is 7. The second kappa shape index (κ2) is 10.4. The van der Waals surface area contributed by atoms with Crippen molar-refractivity contribution < 1.29 is 32.4 Å². The molecule has 32 heavy (non-hydrogen) atoms. The van der Waals surface area contributed by atoms with Gasteiger partial charge < -0.3 is 14.4 Å². The van der Waals surface area contributed by atoms with Crippen LogP contribution in [0, 0.1) is 18.3 Å². The molecule has 7 nitrogen and oxygen atoms in total.